The maximum Gasteiger partial charge on any atom is 0.406 e. The fourth-order valence-corrected chi connectivity index (χ4v) is 3.44. The Morgan fingerprint density at radius 1 is 1.08 bits per heavy atom. The first-order chi connectivity index (χ1) is 11.9. The predicted octanol–water partition coefficient (Wildman–Crippen LogP) is 5.45. The molecule has 3 rings (SSSR count). The van der Waals surface area contributed by atoms with Crippen molar-refractivity contribution >= 4 is 23.4 Å². The lowest BCUT2D eigenvalue weighted by atomic mass is 10.2. The van der Waals surface area contributed by atoms with Gasteiger partial charge in [0.1, 0.15) is 11.7 Å². The van der Waals surface area contributed by atoms with Gasteiger partial charge in [0, 0.05) is 11.9 Å². The van der Waals surface area contributed by atoms with Crippen LogP contribution in [0.1, 0.15) is 5.56 Å². The summed E-state index contributed by atoms with van der Waals surface area (Å²) in [6.07, 6.45) is -1.29. The minimum atomic E-state index is -4.33. The maximum absolute atomic E-state index is 13.0. The van der Waals surface area contributed by atoms with Gasteiger partial charge >= 0.3 is 6.18 Å². The Hall–Kier alpha value is -1.99. The summed E-state index contributed by atoms with van der Waals surface area (Å²) in [5.74, 6) is 0.450. The third-order valence-corrected chi connectivity index (χ3v) is 4.65. The third kappa shape index (κ3) is 4.76. The van der Waals surface area contributed by atoms with Crippen molar-refractivity contribution in [2.24, 2.45) is 0 Å². The molecule has 0 unspecified atom stereocenters. The van der Waals surface area contributed by atoms with E-state index >= 15 is 0 Å². The summed E-state index contributed by atoms with van der Waals surface area (Å²) in [5.41, 5.74) is 2.00. The zero-order valence-electron chi connectivity index (χ0n) is 12.9. The number of halogens is 4. The van der Waals surface area contributed by atoms with Crippen molar-refractivity contribution in [2.45, 2.75) is 23.6 Å². The highest BCUT2D eigenvalue weighted by atomic mass is 35.5. The van der Waals surface area contributed by atoms with Crippen molar-refractivity contribution in [1.29, 1.82) is 0 Å². The molecule has 25 heavy (non-hydrogen) atoms. The Kier molecular flexibility index (Phi) is 5.34. The minimum absolute atomic E-state index is 0.309. The minimum Gasteiger partial charge on any atom is -0.310 e. The molecule has 0 spiro atoms. The Bertz CT molecular complexity index is 850. The zero-order chi connectivity index (χ0) is 17.9. The summed E-state index contributed by atoms with van der Waals surface area (Å²) in [6, 6.07) is 12.4. The molecule has 0 N–H and O–H groups in total. The summed E-state index contributed by atoms with van der Waals surface area (Å²) in [6.45, 7) is -1.09. The number of pyridine rings is 1. The molecule has 0 bridgehead atoms. The number of alkyl halides is 3. The fourth-order valence-electron chi connectivity index (χ4n) is 2.33. The van der Waals surface area contributed by atoms with Crippen LogP contribution in [0.4, 0.5) is 13.2 Å². The molecule has 8 heteroatoms. The van der Waals surface area contributed by atoms with Gasteiger partial charge in [-0.1, -0.05) is 53.7 Å². The van der Waals surface area contributed by atoms with Gasteiger partial charge in [-0.15, -0.1) is 0 Å². The van der Waals surface area contributed by atoms with Crippen molar-refractivity contribution in [1.82, 2.24) is 14.5 Å². The summed E-state index contributed by atoms with van der Waals surface area (Å²) in [4.78, 5) is 8.08. The van der Waals surface area contributed by atoms with Gasteiger partial charge in [-0.3, -0.25) is 0 Å². The van der Waals surface area contributed by atoms with Crippen LogP contribution in [-0.2, 0) is 12.3 Å². The van der Waals surface area contributed by atoms with E-state index in [2.05, 4.69) is 9.97 Å². The molecule has 0 saturated carbocycles. The zero-order valence-corrected chi connectivity index (χ0v) is 14.4. The van der Waals surface area contributed by atoms with Gasteiger partial charge in [-0.25, -0.2) is 9.97 Å². The molecule has 130 valence electrons. The van der Waals surface area contributed by atoms with E-state index < -0.39 is 12.7 Å². The van der Waals surface area contributed by atoms with Crippen molar-refractivity contribution in [2.75, 3.05) is 0 Å². The summed E-state index contributed by atoms with van der Waals surface area (Å²) in [5, 5.41) is 0.658. The van der Waals surface area contributed by atoms with Gasteiger partial charge in [0.15, 0.2) is 5.16 Å². The molecule has 0 radical (unpaired) electrons. The molecule has 0 fully saturated rings. The first-order valence-electron chi connectivity index (χ1n) is 7.33. The molecular formula is C17H13ClF3N3S. The first-order valence-corrected chi connectivity index (χ1v) is 8.70. The van der Waals surface area contributed by atoms with Gasteiger partial charge in [0.25, 0.3) is 0 Å². The van der Waals surface area contributed by atoms with Gasteiger partial charge < -0.3 is 4.57 Å². The maximum atomic E-state index is 13.0. The number of hydrogen-bond acceptors (Lipinski definition) is 3. The smallest absolute Gasteiger partial charge is 0.310 e. The van der Waals surface area contributed by atoms with Gasteiger partial charge in [0.05, 0.1) is 11.9 Å². The number of thioether (sulfide) groups is 1. The topological polar surface area (TPSA) is 30.7 Å². The van der Waals surface area contributed by atoms with Crippen LogP contribution in [0.15, 0.2) is 60.0 Å². The second-order valence-electron chi connectivity index (χ2n) is 5.27. The highest BCUT2D eigenvalue weighted by Gasteiger charge is 2.30. The highest BCUT2D eigenvalue weighted by molar-refractivity contribution is 7.98. The van der Waals surface area contributed by atoms with E-state index in [1.807, 2.05) is 6.07 Å². The number of benzene rings is 1. The van der Waals surface area contributed by atoms with Crippen LogP contribution >= 0.6 is 23.4 Å². The van der Waals surface area contributed by atoms with E-state index in [1.165, 1.54) is 22.5 Å². The Morgan fingerprint density at radius 2 is 1.84 bits per heavy atom. The molecule has 0 saturated heterocycles. The lowest BCUT2D eigenvalue weighted by molar-refractivity contribution is -0.141. The average Bonchev–Trinajstić information content (AvgIpc) is 2.94. The Labute approximate surface area is 151 Å². The predicted molar refractivity (Wildman–Crippen MR) is 92.5 cm³/mol. The molecule has 0 amide bonds. The van der Waals surface area contributed by atoms with Crippen molar-refractivity contribution in [3.63, 3.8) is 0 Å². The molecule has 0 aliphatic heterocycles. The van der Waals surface area contributed by atoms with Crippen LogP contribution in [0.25, 0.3) is 11.3 Å². The monoisotopic (exact) mass is 383 g/mol. The third-order valence-electron chi connectivity index (χ3n) is 3.38. The lowest BCUT2D eigenvalue weighted by Crippen LogP contribution is -2.19. The number of hydrogen-bond donors (Lipinski definition) is 0. The molecule has 0 aliphatic rings. The summed E-state index contributed by atoms with van der Waals surface area (Å²) < 4.78 is 40.3. The van der Waals surface area contributed by atoms with E-state index in [0.717, 1.165) is 5.56 Å². The van der Waals surface area contributed by atoms with Gasteiger partial charge in [0.2, 0.25) is 0 Å². The molecule has 0 atom stereocenters. The van der Waals surface area contributed by atoms with Crippen LogP contribution in [0.3, 0.4) is 0 Å². The second kappa shape index (κ2) is 7.49. The van der Waals surface area contributed by atoms with Gasteiger partial charge in [-0.2, -0.15) is 13.2 Å². The fraction of sp³-hybridized carbons (Fsp3) is 0.176. The van der Waals surface area contributed by atoms with E-state index in [-0.39, 0.29) is 0 Å². The van der Waals surface area contributed by atoms with Gasteiger partial charge in [-0.05, 0) is 23.3 Å². The Balaban J connectivity index is 1.89. The van der Waals surface area contributed by atoms with E-state index in [9.17, 15) is 13.2 Å². The van der Waals surface area contributed by atoms with Crippen LogP contribution < -0.4 is 0 Å². The van der Waals surface area contributed by atoms with Crippen molar-refractivity contribution in [3.05, 3.63) is 65.6 Å². The van der Waals surface area contributed by atoms with Crippen LogP contribution in [0.5, 0.6) is 0 Å². The summed E-state index contributed by atoms with van der Waals surface area (Å²) in [7, 11) is 0. The molecule has 2 heterocycles. The quantitative estimate of drug-likeness (QED) is 0.433. The average molecular weight is 384 g/mol. The standard InChI is InChI=1S/C17H13ClF3N3S/c18-15-8-12(6-7-22-15)10-25-16-23-9-14(13-4-2-1-3-5-13)24(16)11-17(19,20)21/h1-9H,10-11H2. The number of aromatic nitrogens is 3. The van der Waals surface area contributed by atoms with Crippen molar-refractivity contribution < 1.29 is 13.2 Å². The Morgan fingerprint density at radius 3 is 2.52 bits per heavy atom. The highest BCUT2D eigenvalue weighted by Crippen LogP contribution is 2.31. The largest absolute Gasteiger partial charge is 0.406 e. The van der Waals surface area contributed by atoms with E-state index in [1.54, 1.807) is 42.6 Å². The summed E-state index contributed by atoms with van der Waals surface area (Å²) >= 11 is 7.07. The SMILES string of the molecule is FC(F)(F)Cn1c(-c2ccccc2)cnc1SCc1ccnc(Cl)c1. The molecule has 3 aromatic rings. The van der Waals surface area contributed by atoms with E-state index in [0.29, 0.717) is 27.3 Å². The number of imidazole rings is 1. The molecule has 2 aromatic heterocycles. The van der Waals surface area contributed by atoms with E-state index in [4.69, 9.17) is 11.6 Å². The molecule has 3 nitrogen and oxygen atoms in total. The second-order valence-corrected chi connectivity index (χ2v) is 6.60. The van der Waals surface area contributed by atoms with Crippen molar-refractivity contribution in [3.8, 4) is 11.3 Å². The van der Waals surface area contributed by atoms with Crippen LogP contribution in [-0.4, -0.2) is 20.7 Å². The molecular weight excluding hydrogens is 371 g/mol. The van der Waals surface area contributed by atoms with Crippen LogP contribution in [0.2, 0.25) is 5.15 Å². The first kappa shape index (κ1) is 17.8. The number of rotatable bonds is 5. The lowest BCUT2D eigenvalue weighted by Gasteiger charge is -2.14. The molecule has 0 aliphatic carbocycles. The van der Waals surface area contributed by atoms with Crippen LogP contribution in [0, 0.1) is 0 Å². The molecule has 1 aromatic carbocycles. The normalized spacial score (nSPS) is 11.7. The number of nitrogens with zero attached hydrogens (tertiary/aromatic N) is 3.